The van der Waals surface area contributed by atoms with E-state index in [0.717, 1.165) is 94.5 Å². The molecule has 0 radical (unpaired) electrons. The van der Waals surface area contributed by atoms with Crippen molar-refractivity contribution in [2.75, 3.05) is 51.1 Å². The Kier molecular flexibility index (Phi) is 12.9. The quantitative estimate of drug-likeness (QED) is 0.0998. The van der Waals surface area contributed by atoms with E-state index in [1.807, 2.05) is 59.5 Å². The Morgan fingerprint density at radius 1 is 0.885 bits per heavy atom. The molecule has 11 heteroatoms. The fraction of sp³-hybridized carbons (Fsp3) is 0.439. The molecule has 2 aliphatic rings. The molecule has 276 valence electrons. The maximum absolute atomic E-state index is 12.9. The van der Waals surface area contributed by atoms with Crippen molar-refractivity contribution in [3.05, 3.63) is 94.8 Å². The van der Waals surface area contributed by atoms with Crippen LogP contribution in [0.4, 0.5) is 10.5 Å². The zero-order valence-corrected chi connectivity index (χ0v) is 29.8. The van der Waals surface area contributed by atoms with Crippen molar-refractivity contribution in [1.82, 2.24) is 20.1 Å². The minimum Gasteiger partial charge on any atom is -0.506 e. The van der Waals surface area contributed by atoms with Crippen molar-refractivity contribution < 1.29 is 24.5 Å². The van der Waals surface area contributed by atoms with Crippen molar-refractivity contribution in [3.63, 3.8) is 0 Å². The first-order chi connectivity index (χ1) is 25.3. The normalized spacial score (nSPS) is 16.5. The van der Waals surface area contributed by atoms with Gasteiger partial charge in [0.05, 0.1) is 17.3 Å². The monoisotopic (exact) mass is 709 g/mol. The molecule has 2 saturated heterocycles. The highest BCUT2D eigenvalue weighted by molar-refractivity contribution is 5.91. The summed E-state index contributed by atoms with van der Waals surface area (Å²) in [6.45, 7) is 5.51. The number of aliphatic hydroxyl groups is 1. The van der Waals surface area contributed by atoms with Crippen molar-refractivity contribution in [2.24, 2.45) is 5.92 Å². The second-order valence-electron chi connectivity index (χ2n) is 14.1. The number of hydrogen-bond acceptors (Lipinski definition) is 8. The van der Waals surface area contributed by atoms with Crippen molar-refractivity contribution in [3.8, 4) is 16.9 Å². The lowest BCUT2D eigenvalue weighted by atomic mass is 9.92. The molecule has 4 aromatic rings. The summed E-state index contributed by atoms with van der Waals surface area (Å²) >= 11 is 0. The number of amides is 2. The van der Waals surface area contributed by atoms with E-state index in [2.05, 4.69) is 20.5 Å². The second-order valence-corrected chi connectivity index (χ2v) is 14.1. The third-order valence-electron chi connectivity index (χ3n) is 10.5. The number of carbonyl (C=O) groups excluding carboxylic acids is 2. The van der Waals surface area contributed by atoms with Gasteiger partial charge in [0, 0.05) is 56.2 Å². The van der Waals surface area contributed by atoms with E-state index >= 15 is 0 Å². The molecule has 3 aromatic carbocycles. The third kappa shape index (κ3) is 9.99. The highest BCUT2D eigenvalue weighted by atomic mass is 16.6. The van der Waals surface area contributed by atoms with Gasteiger partial charge in [-0.25, -0.2) is 4.79 Å². The van der Waals surface area contributed by atoms with Crippen LogP contribution in [-0.2, 0) is 9.53 Å². The van der Waals surface area contributed by atoms with Gasteiger partial charge >= 0.3 is 6.09 Å². The third-order valence-corrected chi connectivity index (χ3v) is 10.5. The second kappa shape index (κ2) is 18.2. The average molecular weight is 710 g/mol. The molecule has 2 aliphatic heterocycles. The number of carbonyl (C=O) groups is 2. The molecule has 6 rings (SSSR count). The SMILES string of the molecule is O=C(Nc1ccccc1-c1ccccc1)OC1CCN(CCC2CCN(C(=O)CCCCNC[C@@H](O)c3ccc(O)c4[nH]c(=O)ccc34)CC2)CC1. The number of aromatic amines is 1. The fourth-order valence-corrected chi connectivity index (χ4v) is 7.42. The molecular formula is C41H51N5O6. The molecule has 0 saturated carbocycles. The summed E-state index contributed by atoms with van der Waals surface area (Å²) in [5.41, 5.74) is 3.39. The fourth-order valence-electron chi connectivity index (χ4n) is 7.42. The van der Waals surface area contributed by atoms with Gasteiger partial charge in [0.1, 0.15) is 11.9 Å². The highest BCUT2D eigenvalue weighted by Crippen LogP contribution is 2.30. The number of aliphatic hydroxyl groups excluding tert-OH is 1. The minimum absolute atomic E-state index is 0.0324. The molecule has 1 atom stereocenters. The van der Waals surface area contributed by atoms with Crippen molar-refractivity contribution in [2.45, 2.75) is 63.6 Å². The largest absolute Gasteiger partial charge is 0.506 e. The molecule has 1 aromatic heterocycles. The number of rotatable bonds is 14. The number of aromatic nitrogens is 1. The zero-order valence-electron chi connectivity index (χ0n) is 29.8. The molecule has 0 bridgehead atoms. The van der Waals surface area contributed by atoms with Crippen LogP contribution in [-0.4, -0.2) is 88.9 Å². The summed E-state index contributed by atoms with van der Waals surface area (Å²) in [6, 6.07) is 23.9. The predicted molar refractivity (Wildman–Crippen MR) is 203 cm³/mol. The van der Waals surface area contributed by atoms with Crippen LogP contribution in [0, 0.1) is 5.92 Å². The number of pyridine rings is 1. The van der Waals surface area contributed by atoms with E-state index in [-0.39, 0.29) is 23.3 Å². The number of benzene rings is 3. The zero-order chi connectivity index (χ0) is 36.3. The van der Waals surface area contributed by atoms with E-state index in [9.17, 15) is 24.6 Å². The Balaban J connectivity index is 0.813. The molecule has 0 unspecified atom stereocenters. The van der Waals surface area contributed by atoms with Crippen molar-refractivity contribution >= 4 is 28.6 Å². The molecule has 11 nitrogen and oxygen atoms in total. The number of phenols is 1. The number of fused-ring (bicyclic) bond motifs is 1. The molecule has 0 spiro atoms. The number of nitrogens with zero attached hydrogens (tertiary/aromatic N) is 2. The van der Waals surface area contributed by atoms with E-state index in [1.165, 1.54) is 12.1 Å². The maximum Gasteiger partial charge on any atom is 0.411 e. The lowest BCUT2D eigenvalue weighted by Gasteiger charge is -2.35. The molecule has 3 heterocycles. The van der Waals surface area contributed by atoms with Crippen LogP contribution >= 0.6 is 0 Å². The lowest BCUT2D eigenvalue weighted by Crippen LogP contribution is -2.41. The van der Waals surface area contributed by atoms with Gasteiger partial charge in [-0.05, 0) is 93.3 Å². The highest BCUT2D eigenvalue weighted by Gasteiger charge is 2.26. The number of piperidine rings is 2. The number of nitrogens with one attached hydrogen (secondary N) is 3. The predicted octanol–water partition coefficient (Wildman–Crippen LogP) is 6.04. The number of likely N-dealkylation sites (tertiary alicyclic amines) is 2. The van der Waals surface area contributed by atoms with Crippen LogP contribution in [0.1, 0.15) is 63.0 Å². The molecule has 2 fully saturated rings. The minimum atomic E-state index is -0.800. The Bertz CT molecular complexity index is 1830. The van der Waals surface area contributed by atoms with Gasteiger partial charge in [0.2, 0.25) is 11.5 Å². The Morgan fingerprint density at radius 2 is 1.63 bits per heavy atom. The smallest absolute Gasteiger partial charge is 0.411 e. The van der Waals surface area contributed by atoms with Gasteiger partial charge in [-0.1, -0.05) is 54.6 Å². The van der Waals surface area contributed by atoms with Crippen LogP contribution in [0.15, 0.2) is 83.7 Å². The van der Waals surface area contributed by atoms with Crippen LogP contribution in [0.25, 0.3) is 22.0 Å². The number of para-hydroxylation sites is 1. The molecule has 5 N–H and O–H groups in total. The Hall–Kier alpha value is -4.71. The summed E-state index contributed by atoms with van der Waals surface area (Å²) < 4.78 is 5.81. The lowest BCUT2D eigenvalue weighted by molar-refractivity contribution is -0.132. The van der Waals surface area contributed by atoms with Gasteiger partial charge in [-0.3, -0.25) is 14.9 Å². The number of hydrogen-bond donors (Lipinski definition) is 5. The standard InChI is InChI=1S/C41H51N5O6/c47-36-15-13-33(34-14-16-38(49)44-40(34)36)37(48)28-42-22-7-6-12-39(50)46-26-18-29(19-27-46)17-23-45-24-20-31(21-25-45)52-41(51)43-35-11-5-4-10-32(35)30-8-2-1-3-9-30/h1-5,8-11,13-16,29,31,37,42,47-48H,6-7,12,17-28H2,(H,43,51)(H,44,49)/t37-/m1/s1. The number of anilines is 1. The Labute approximate surface area is 305 Å². The van der Waals surface area contributed by atoms with E-state index in [1.54, 1.807) is 12.1 Å². The number of ether oxygens (including phenoxy) is 1. The Morgan fingerprint density at radius 3 is 2.42 bits per heavy atom. The van der Waals surface area contributed by atoms with Crippen LogP contribution < -0.4 is 16.2 Å². The van der Waals surface area contributed by atoms with E-state index in [4.69, 9.17) is 4.74 Å². The van der Waals surface area contributed by atoms with E-state index < -0.39 is 12.2 Å². The van der Waals surface area contributed by atoms with Crippen LogP contribution in [0.5, 0.6) is 5.75 Å². The van der Waals surface area contributed by atoms with Gasteiger partial charge in [-0.2, -0.15) is 0 Å². The average Bonchev–Trinajstić information content (AvgIpc) is 3.17. The number of unbranched alkanes of at least 4 members (excludes halogenated alkanes) is 1. The summed E-state index contributed by atoms with van der Waals surface area (Å²) in [7, 11) is 0. The van der Waals surface area contributed by atoms with Gasteiger partial charge in [-0.15, -0.1) is 0 Å². The number of phenolic OH excluding ortho intramolecular Hbond substituents is 1. The summed E-state index contributed by atoms with van der Waals surface area (Å²) in [5, 5.41) is 27.6. The number of aromatic hydroxyl groups is 1. The molecule has 2 amide bonds. The van der Waals surface area contributed by atoms with Gasteiger partial charge in [0.15, 0.2) is 0 Å². The molecule has 0 aliphatic carbocycles. The van der Waals surface area contributed by atoms with Crippen molar-refractivity contribution in [1.29, 1.82) is 0 Å². The molecule has 52 heavy (non-hydrogen) atoms. The summed E-state index contributed by atoms with van der Waals surface area (Å²) in [5.74, 6) is 0.808. The first kappa shape index (κ1) is 37.1. The van der Waals surface area contributed by atoms with Gasteiger partial charge < -0.3 is 35.1 Å². The van der Waals surface area contributed by atoms with Crippen LogP contribution in [0.3, 0.4) is 0 Å². The first-order valence-electron chi connectivity index (χ1n) is 18.7. The summed E-state index contributed by atoms with van der Waals surface area (Å²) in [4.78, 5) is 44.4. The van der Waals surface area contributed by atoms with E-state index in [0.29, 0.717) is 41.9 Å². The first-order valence-corrected chi connectivity index (χ1v) is 18.7. The topological polar surface area (TPSA) is 147 Å². The van der Waals surface area contributed by atoms with Crippen LogP contribution in [0.2, 0.25) is 0 Å². The number of H-pyrrole nitrogens is 1. The van der Waals surface area contributed by atoms with Gasteiger partial charge in [0.25, 0.3) is 0 Å². The summed E-state index contributed by atoms with van der Waals surface area (Å²) in [6.07, 6.45) is 5.70. The maximum atomic E-state index is 12.9. The molecular weight excluding hydrogens is 658 g/mol.